The number of aryl methyl sites for hydroxylation is 1. The van der Waals surface area contributed by atoms with Gasteiger partial charge < -0.3 is 19.5 Å². The molecule has 2 atom stereocenters. The lowest BCUT2D eigenvalue weighted by molar-refractivity contribution is -0.148. The largest absolute Gasteiger partial charge is 0.372 e. The fourth-order valence-electron chi connectivity index (χ4n) is 4.51. The summed E-state index contributed by atoms with van der Waals surface area (Å²) < 4.78 is 5.76. The second-order valence-electron chi connectivity index (χ2n) is 8.61. The molecule has 2 aromatic heterocycles. The van der Waals surface area contributed by atoms with Crippen LogP contribution in [-0.4, -0.2) is 64.1 Å². The van der Waals surface area contributed by atoms with E-state index in [1.807, 2.05) is 37.8 Å². The zero-order valence-electron chi connectivity index (χ0n) is 18.5. The molecule has 2 aliphatic heterocycles. The second kappa shape index (κ2) is 9.18. The molecule has 2 aliphatic rings. The minimum absolute atomic E-state index is 0.0686. The third-order valence-electron chi connectivity index (χ3n) is 6.08. The molecule has 4 heterocycles. The van der Waals surface area contributed by atoms with Crippen LogP contribution in [0.15, 0.2) is 29.2 Å². The summed E-state index contributed by atoms with van der Waals surface area (Å²) in [4.78, 5) is 40.9. The summed E-state index contributed by atoms with van der Waals surface area (Å²) in [5, 5.41) is 0. The molecule has 4 rings (SSSR count). The first kappa shape index (κ1) is 21.5. The van der Waals surface area contributed by atoms with E-state index >= 15 is 0 Å². The number of aromatic amines is 1. The maximum Gasteiger partial charge on any atom is 0.251 e. The van der Waals surface area contributed by atoms with Gasteiger partial charge in [0.05, 0.1) is 12.2 Å². The average Bonchev–Trinajstić information content (AvgIpc) is 2.77. The van der Waals surface area contributed by atoms with Gasteiger partial charge in [-0.15, -0.1) is 0 Å². The highest BCUT2D eigenvalue weighted by atomic mass is 16.5. The SMILES string of the molecule is CCc1cc(=O)[nH]c(-c2ccc(N3CCC(C(=O)N4CC(C)OC(C)C4)CC3)nc2)n1. The zero-order chi connectivity index (χ0) is 22.0. The van der Waals surface area contributed by atoms with Crippen LogP contribution in [-0.2, 0) is 16.0 Å². The van der Waals surface area contributed by atoms with Gasteiger partial charge in [0.1, 0.15) is 11.6 Å². The van der Waals surface area contributed by atoms with E-state index in [2.05, 4.69) is 19.9 Å². The first-order valence-electron chi connectivity index (χ1n) is 11.2. The third-order valence-corrected chi connectivity index (χ3v) is 6.08. The van der Waals surface area contributed by atoms with Crippen LogP contribution < -0.4 is 10.5 Å². The van der Waals surface area contributed by atoms with E-state index in [-0.39, 0.29) is 29.6 Å². The van der Waals surface area contributed by atoms with E-state index in [0.29, 0.717) is 25.3 Å². The molecule has 8 heteroatoms. The summed E-state index contributed by atoms with van der Waals surface area (Å²) in [5.74, 6) is 1.76. The number of anilines is 1. The standard InChI is InChI=1S/C23H31N5O3/c1-4-19-11-21(29)26-22(25-19)18-5-6-20(24-12-18)27-9-7-17(8-10-27)23(30)28-13-15(2)31-16(3)14-28/h5-6,11-12,15-17H,4,7-10,13-14H2,1-3H3,(H,25,26,29). The molecule has 0 bridgehead atoms. The number of pyridine rings is 1. The fourth-order valence-corrected chi connectivity index (χ4v) is 4.51. The number of hydrogen-bond donors (Lipinski definition) is 1. The van der Waals surface area contributed by atoms with Gasteiger partial charge in [-0.3, -0.25) is 9.59 Å². The number of rotatable bonds is 4. The number of aromatic nitrogens is 3. The monoisotopic (exact) mass is 425 g/mol. The van der Waals surface area contributed by atoms with Crippen molar-refractivity contribution in [3.05, 3.63) is 40.4 Å². The molecular weight excluding hydrogens is 394 g/mol. The van der Waals surface area contributed by atoms with Gasteiger partial charge in [-0.2, -0.15) is 0 Å². The van der Waals surface area contributed by atoms with Crippen LogP contribution in [0.3, 0.4) is 0 Å². The van der Waals surface area contributed by atoms with Crippen molar-refractivity contribution < 1.29 is 9.53 Å². The second-order valence-corrected chi connectivity index (χ2v) is 8.61. The van der Waals surface area contributed by atoms with Gasteiger partial charge >= 0.3 is 0 Å². The third kappa shape index (κ3) is 4.95. The molecule has 2 unspecified atom stereocenters. The van der Waals surface area contributed by atoms with E-state index < -0.39 is 0 Å². The van der Waals surface area contributed by atoms with Gasteiger partial charge in [0.2, 0.25) is 5.91 Å². The van der Waals surface area contributed by atoms with Crippen molar-refractivity contribution in [2.24, 2.45) is 5.92 Å². The topological polar surface area (TPSA) is 91.4 Å². The number of amides is 1. The molecule has 166 valence electrons. The van der Waals surface area contributed by atoms with Crippen molar-refractivity contribution >= 4 is 11.7 Å². The van der Waals surface area contributed by atoms with E-state index in [1.54, 1.807) is 6.20 Å². The van der Waals surface area contributed by atoms with Gasteiger partial charge in [0.25, 0.3) is 5.56 Å². The number of morpholine rings is 1. The molecule has 2 aromatic rings. The predicted octanol–water partition coefficient (Wildman–Crippen LogP) is 2.25. The number of nitrogens with zero attached hydrogens (tertiary/aromatic N) is 4. The smallest absolute Gasteiger partial charge is 0.251 e. The van der Waals surface area contributed by atoms with Gasteiger partial charge in [-0.05, 0) is 45.2 Å². The first-order valence-corrected chi connectivity index (χ1v) is 11.2. The van der Waals surface area contributed by atoms with E-state index in [1.165, 1.54) is 6.07 Å². The zero-order valence-corrected chi connectivity index (χ0v) is 18.5. The Hall–Kier alpha value is -2.74. The predicted molar refractivity (Wildman–Crippen MR) is 119 cm³/mol. The van der Waals surface area contributed by atoms with E-state index in [4.69, 9.17) is 4.74 Å². The molecular formula is C23H31N5O3. The minimum Gasteiger partial charge on any atom is -0.372 e. The maximum atomic E-state index is 13.0. The lowest BCUT2D eigenvalue weighted by atomic mass is 9.94. The van der Waals surface area contributed by atoms with Crippen LogP contribution in [0.4, 0.5) is 5.82 Å². The normalized spacial score (nSPS) is 22.5. The lowest BCUT2D eigenvalue weighted by Crippen LogP contribution is -2.51. The van der Waals surface area contributed by atoms with Crippen LogP contribution >= 0.6 is 0 Å². The molecule has 31 heavy (non-hydrogen) atoms. The van der Waals surface area contributed by atoms with Crippen LogP contribution in [0, 0.1) is 5.92 Å². The Balaban J connectivity index is 1.37. The summed E-state index contributed by atoms with van der Waals surface area (Å²) in [6.45, 7) is 9.00. The summed E-state index contributed by atoms with van der Waals surface area (Å²) in [5.41, 5.74) is 1.40. The quantitative estimate of drug-likeness (QED) is 0.808. The Morgan fingerprint density at radius 3 is 2.52 bits per heavy atom. The lowest BCUT2D eigenvalue weighted by Gasteiger charge is -2.39. The fraction of sp³-hybridized carbons (Fsp3) is 0.565. The van der Waals surface area contributed by atoms with Crippen LogP contribution in [0.25, 0.3) is 11.4 Å². The van der Waals surface area contributed by atoms with Crippen LogP contribution in [0.5, 0.6) is 0 Å². The summed E-state index contributed by atoms with van der Waals surface area (Å²) in [6, 6.07) is 5.42. The molecule has 0 saturated carbocycles. The van der Waals surface area contributed by atoms with Gasteiger partial charge in [-0.25, -0.2) is 9.97 Å². The Morgan fingerprint density at radius 2 is 1.90 bits per heavy atom. The molecule has 2 fully saturated rings. The number of hydrogen-bond acceptors (Lipinski definition) is 6. The van der Waals surface area contributed by atoms with Crippen LogP contribution in [0.2, 0.25) is 0 Å². The van der Waals surface area contributed by atoms with Gasteiger partial charge in [0, 0.05) is 55.6 Å². The molecule has 1 amide bonds. The molecule has 0 radical (unpaired) electrons. The Morgan fingerprint density at radius 1 is 1.19 bits per heavy atom. The number of nitrogens with one attached hydrogen (secondary N) is 1. The number of ether oxygens (including phenoxy) is 1. The number of H-pyrrole nitrogens is 1. The first-order chi connectivity index (χ1) is 14.9. The van der Waals surface area contributed by atoms with E-state index in [9.17, 15) is 9.59 Å². The summed E-state index contributed by atoms with van der Waals surface area (Å²) in [6.07, 6.45) is 4.31. The minimum atomic E-state index is -0.151. The van der Waals surface area contributed by atoms with Crippen molar-refractivity contribution in [2.75, 3.05) is 31.1 Å². The van der Waals surface area contributed by atoms with Crippen molar-refractivity contribution in [1.82, 2.24) is 19.9 Å². The van der Waals surface area contributed by atoms with Gasteiger partial charge in [-0.1, -0.05) is 6.92 Å². The Bertz CT molecular complexity index is 956. The number of carbonyl (C=O) groups is 1. The highest BCUT2D eigenvalue weighted by Crippen LogP contribution is 2.26. The Kier molecular flexibility index (Phi) is 6.36. The van der Waals surface area contributed by atoms with Crippen molar-refractivity contribution in [2.45, 2.75) is 52.2 Å². The van der Waals surface area contributed by atoms with Crippen molar-refractivity contribution in [3.63, 3.8) is 0 Å². The molecule has 0 spiro atoms. The van der Waals surface area contributed by atoms with Gasteiger partial charge in [0.15, 0.2) is 0 Å². The van der Waals surface area contributed by atoms with E-state index in [0.717, 1.165) is 43.0 Å². The highest BCUT2D eigenvalue weighted by Gasteiger charge is 2.32. The molecule has 1 N–H and O–H groups in total. The summed E-state index contributed by atoms with van der Waals surface area (Å²) >= 11 is 0. The molecule has 0 aromatic carbocycles. The average molecular weight is 426 g/mol. The molecule has 0 aliphatic carbocycles. The molecule has 8 nitrogen and oxygen atoms in total. The maximum absolute atomic E-state index is 13.0. The number of piperidine rings is 1. The Labute approximate surface area is 182 Å². The highest BCUT2D eigenvalue weighted by molar-refractivity contribution is 5.79. The molecule has 2 saturated heterocycles. The summed E-state index contributed by atoms with van der Waals surface area (Å²) in [7, 11) is 0. The van der Waals surface area contributed by atoms with Crippen molar-refractivity contribution in [3.8, 4) is 11.4 Å². The number of carbonyl (C=O) groups excluding carboxylic acids is 1. The van der Waals surface area contributed by atoms with Crippen LogP contribution in [0.1, 0.15) is 39.3 Å². The van der Waals surface area contributed by atoms with Crippen molar-refractivity contribution in [1.29, 1.82) is 0 Å².